The molecule has 8 heteroatoms. The predicted octanol–water partition coefficient (Wildman–Crippen LogP) is 2.78. The number of anilines is 1. The standard InChI is InChI=1S/C19H23ClN6O/c1-13-9-15(20)3-4-16(13)23-19(27)25-7-5-24(6-8-25)17-10-18-22-14(2)11-26(18)12-21-17/h3-4,9-10,12,14H,5-8,11H2,1-2H3,(H,23,27). The first-order valence-electron chi connectivity index (χ1n) is 9.17. The normalized spacial score (nSPS) is 21.7. The molecule has 7 nitrogen and oxygen atoms in total. The number of aryl methyl sites for hydroxylation is 1. The van der Waals surface area contributed by atoms with Gasteiger partial charge in [0.05, 0.1) is 12.4 Å². The van der Waals surface area contributed by atoms with E-state index in [0.717, 1.165) is 42.5 Å². The van der Waals surface area contributed by atoms with Crippen LogP contribution in [0.15, 0.2) is 40.1 Å². The molecule has 1 saturated heterocycles. The van der Waals surface area contributed by atoms with Crippen molar-refractivity contribution in [1.82, 2.24) is 14.7 Å². The minimum absolute atomic E-state index is 0.0821. The van der Waals surface area contributed by atoms with Crippen LogP contribution >= 0.6 is 11.6 Å². The quantitative estimate of drug-likeness (QED) is 0.850. The molecule has 0 radical (unpaired) electrons. The third-order valence-electron chi connectivity index (χ3n) is 5.02. The number of carbonyl (C=O) groups is 1. The largest absolute Gasteiger partial charge is 0.353 e. The van der Waals surface area contributed by atoms with E-state index in [1.165, 1.54) is 0 Å². The van der Waals surface area contributed by atoms with E-state index in [-0.39, 0.29) is 6.03 Å². The van der Waals surface area contributed by atoms with Crippen LogP contribution in [0.4, 0.5) is 10.5 Å². The zero-order valence-corrected chi connectivity index (χ0v) is 16.3. The fraction of sp³-hybridized carbons (Fsp3) is 0.421. The maximum atomic E-state index is 12.6. The van der Waals surface area contributed by atoms with Crippen LogP contribution in [-0.2, 0) is 0 Å². The maximum Gasteiger partial charge on any atom is 0.321 e. The number of amides is 2. The molecule has 0 bridgehead atoms. The summed E-state index contributed by atoms with van der Waals surface area (Å²) >= 11 is 5.98. The van der Waals surface area contributed by atoms with Gasteiger partial charge in [-0.05, 0) is 37.6 Å². The van der Waals surface area contributed by atoms with Crippen molar-refractivity contribution in [2.45, 2.75) is 19.9 Å². The number of nitrogens with one attached hydrogen (secondary N) is 1. The lowest BCUT2D eigenvalue weighted by atomic mass is 10.2. The second kappa shape index (κ2) is 7.23. The van der Waals surface area contributed by atoms with Crippen LogP contribution in [0.25, 0.3) is 0 Å². The summed E-state index contributed by atoms with van der Waals surface area (Å²) < 4.78 is 0. The third kappa shape index (κ3) is 3.78. The van der Waals surface area contributed by atoms with Gasteiger partial charge in [0.1, 0.15) is 11.7 Å². The number of aliphatic imine (C=N–C) groups is 2. The van der Waals surface area contributed by atoms with E-state index in [4.69, 9.17) is 11.6 Å². The van der Waals surface area contributed by atoms with Crippen molar-refractivity contribution in [3.05, 3.63) is 40.7 Å². The first kappa shape index (κ1) is 17.9. The van der Waals surface area contributed by atoms with Crippen LogP contribution < -0.4 is 5.32 Å². The molecule has 4 rings (SSSR count). The van der Waals surface area contributed by atoms with Gasteiger partial charge >= 0.3 is 6.03 Å². The maximum absolute atomic E-state index is 12.6. The van der Waals surface area contributed by atoms with Crippen LogP contribution in [0.3, 0.4) is 0 Å². The molecule has 3 aliphatic rings. The van der Waals surface area contributed by atoms with E-state index < -0.39 is 0 Å². The molecule has 27 heavy (non-hydrogen) atoms. The molecule has 1 fully saturated rings. The summed E-state index contributed by atoms with van der Waals surface area (Å²) in [5.74, 6) is 1.90. The molecular formula is C19H23ClN6O. The van der Waals surface area contributed by atoms with Crippen LogP contribution in [0.5, 0.6) is 0 Å². The zero-order valence-electron chi connectivity index (χ0n) is 15.5. The number of benzene rings is 1. The zero-order chi connectivity index (χ0) is 19.0. The van der Waals surface area contributed by atoms with Crippen LogP contribution in [0.2, 0.25) is 5.02 Å². The fourth-order valence-corrected chi connectivity index (χ4v) is 3.73. The molecule has 1 aromatic carbocycles. The van der Waals surface area contributed by atoms with Gasteiger partial charge < -0.3 is 20.0 Å². The third-order valence-corrected chi connectivity index (χ3v) is 5.25. The van der Waals surface area contributed by atoms with Gasteiger partial charge in [-0.25, -0.2) is 9.79 Å². The summed E-state index contributed by atoms with van der Waals surface area (Å²) in [6, 6.07) is 5.69. The lowest BCUT2D eigenvalue weighted by Gasteiger charge is -2.36. The summed E-state index contributed by atoms with van der Waals surface area (Å²) in [6.45, 7) is 7.73. The first-order valence-corrected chi connectivity index (χ1v) is 9.55. The van der Waals surface area contributed by atoms with E-state index in [1.807, 2.05) is 36.4 Å². The Kier molecular flexibility index (Phi) is 4.78. The molecule has 0 spiro atoms. The van der Waals surface area contributed by atoms with E-state index in [0.29, 0.717) is 24.2 Å². The fourth-order valence-electron chi connectivity index (χ4n) is 3.50. The smallest absolute Gasteiger partial charge is 0.321 e. The number of halogens is 1. The van der Waals surface area contributed by atoms with Crippen molar-refractivity contribution >= 4 is 35.5 Å². The van der Waals surface area contributed by atoms with Crippen LogP contribution in [-0.4, -0.2) is 71.7 Å². The second-order valence-corrected chi connectivity index (χ2v) is 7.54. The van der Waals surface area contributed by atoms with E-state index in [9.17, 15) is 4.79 Å². The average molecular weight is 387 g/mol. The van der Waals surface area contributed by atoms with E-state index in [2.05, 4.69) is 32.0 Å². The van der Waals surface area contributed by atoms with Gasteiger partial charge in [-0.3, -0.25) is 4.99 Å². The molecular weight excluding hydrogens is 364 g/mol. The number of hydrogen-bond acceptors (Lipinski definition) is 5. The molecule has 0 aromatic heterocycles. The number of fused-ring (bicyclic) bond motifs is 1. The van der Waals surface area contributed by atoms with Crippen molar-refractivity contribution in [3.63, 3.8) is 0 Å². The molecule has 1 unspecified atom stereocenters. The molecule has 2 amide bonds. The van der Waals surface area contributed by atoms with E-state index in [1.54, 1.807) is 6.07 Å². The van der Waals surface area contributed by atoms with Gasteiger partial charge in [-0.15, -0.1) is 0 Å². The van der Waals surface area contributed by atoms with Crippen LogP contribution in [0, 0.1) is 6.92 Å². The summed E-state index contributed by atoms with van der Waals surface area (Å²) in [4.78, 5) is 27.9. The number of urea groups is 1. The van der Waals surface area contributed by atoms with Gasteiger partial charge in [0.2, 0.25) is 0 Å². The highest BCUT2D eigenvalue weighted by Gasteiger charge is 2.27. The molecule has 3 aliphatic heterocycles. The second-order valence-electron chi connectivity index (χ2n) is 7.10. The molecule has 1 aromatic rings. The Labute approximate surface area is 164 Å². The Hall–Kier alpha value is -2.54. The van der Waals surface area contributed by atoms with Gasteiger partial charge in [-0.2, -0.15) is 0 Å². The number of hydrogen-bond donors (Lipinski definition) is 1. The minimum atomic E-state index is -0.0821. The monoisotopic (exact) mass is 386 g/mol. The number of carbonyl (C=O) groups excluding carboxylic acids is 1. The first-order chi connectivity index (χ1) is 13.0. The van der Waals surface area contributed by atoms with Gasteiger partial charge in [0.15, 0.2) is 0 Å². The molecule has 1 atom stereocenters. The van der Waals surface area contributed by atoms with Crippen molar-refractivity contribution in [1.29, 1.82) is 0 Å². The number of nitrogens with zero attached hydrogens (tertiary/aromatic N) is 5. The Morgan fingerprint density at radius 2 is 2.04 bits per heavy atom. The highest BCUT2D eigenvalue weighted by molar-refractivity contribution is 6.30. The SMILES string of the molecule is Cc1cc(Cl)ccc1NC(=O)N1CCN(C2=CC3=NC(C)CN3C=N2)CC1. The summed E-state index contributed by atoms with van der Waals surface area (Å²) in [5.41, 5.74) is 1.74. The number of piperazine rings is 1. The number of amidine groups is 1. The molecule has 3 heterocycles. The molecule has 142 valence electrons. The predicted molar refractivity (Wildman–Crippen MR) is 109 cm³/mol. The highest BCUT2D eigenvalue weighted by Crippen LogP contribution is 2.21. The lowest BCUT2D eigenvalue weighted by molar-refractivity contribution is 0.167. The molecule has 0 saturated carbocycles. The summed E-state index contributed by atoms with van der Waals surface area (Å²) in [7, 11) is 0. The van der Waals surface area contributed by atoms with Crippen molar-refractivity contribution < 1.29 is 4.79 Å². The van der Waals surface area contributed by atoms with Crippen LogP contribution in [0.1, 0.15) is 12.5 Å². The van der Waals surface area contributed by atoms with Crippen molar-refractivity contribution in [2.75, 3.05) is 38.0 Å². The van der Waals surface area contributed by atoms with Gasteiger partial charge in [0.25, 0.3) is 0 Å². The number of rotatable bonds is 2. The Morgan fingerprint density at radius 3 is 2.78 bits per heavy atom. The molecule has 0 aliphatic carbocycles. The van der Waals surface area contributed by atoms with Gasteiger partial charge in [0, 0.05) is 49.5 Å². The summed E-state index contributed by atoms with van der Waals surface area (Å²) in [5, 5.41) is 3.64. The lowest BCUT2D eigenvalue weighted by Crippen LogP contribution is -2.50. The minimum Gasteiger partial charge on any atom is -0.353 e. The average Bonchev–Trinajstić information content (AvgIpc) is 3.03. The Balaban J connectivity index is 1.35. The molecule has 1 N–H and O–H groups in total. The van der Waals surface area contributed by atoms with Crippen molar-refractivity contribution in [3.8, 4) is 0 Å². The highest BCUT2D eigenvalue weighted by atomic mass is 35.5. The Bertz CT molecular complexity index is 841. The summed E-state index contributed by atoms with van der Waals surface area (Å²) in [6.07, 6.45) is 3.90. The topological polar surface area (TPSA) is 63.5 Å². The Morgan fingerprint density at radius 1 is 1.26 bits per heavy atom. The van der Waals surface area contributed by atoms with Gasteiger partial charge in [-0.1, -0.05) is 11.6 Å². The van der Waals surface area contributed by atoms with Crippen molar-refractivity contribution in [2.24, 2.45) is 9.98 Å². The van der Waals surface area contributed by atoms with E-state index >= 15 is 0 Å².